The molecule has 2 rings (SSSR count). The summed E-state index contributed by atoms with van der Waals surface area (Å²) in [5.41, 5.74) is 2.97. The summed E-state index contributed by atoms with van der Waals surface area (Å²) in [6.45, 7) is 6.04. The number of hydrogen-bond acceptors (Lipinski definition) is 2. The molecule has 0 fully saturated rings. The lowest BCUT2D eigenvalue weighted by Gasteiger charge is -2.16. The van der Waals surface area contributed by atoms with Gasteiger partial charge in [0.05, 0.1) is 6.10 Å². The molecule has 2 nitrogen and oxygen atoms in total. The van der Waals surface area contributed by atoms with Gasteiger partial charge in [-0.15, -0.1) is 0 Å². The highest BCUT2D eigenvalue weighted by Crippen LogP contribution is 2.29. The van der Waals surface area contributed by atoms with Crippen LogP contribution < -0.4 is 4.74 Å². The van der Waals surface area contributed by atoms with Gasteiger partial charge < -0.3 is 9.84 Å². The van der Waals surface area contributed by atoms with Crippen molar-refractivity contribution in [2.24, 2.45) is 0 Å². The fourth-order valence-corrected chi connectivity index (χ4v) is 2.75. The number of halogens is 1. The van der Waals surface area contributed by atoms with E-state index in [4.69, 9.17) is 4.74 Å². The van der Waals surface area contributed by atoms with E-state index in [0.29, 0.717) is 0 Å². The van der Waals surface area contributed by atoms with E-state index in [0.717, 1.165) is 20.4 Å². The van der Waals surface area contributed by atoms with Crippen molar-refractivity contribution in [2.45, 2.75) is 33.0 Å². The summed E-state index contributed by atoms with van der Waals surface area (Å²) >= 11 is 2.28. The van der Waals surface area contributed by atoms with Gasteiger partial charge in [0, 0.05) is 3.57 Å². The maximum atomic E-state index is 10.6. The van der Waals surface area contributed by atoms with E-state index < -0.39 is 6.10 Å². The van der Waals surface area contributed by atoms with Crippen LogP contribution in [0.3, 0.4) is 0 Å². The molecule has 0 heterocycles. The number of aryl methyl sites for hydroxylation is 1. The van der Waals surface area contributed by atoms with Crippen LogP contribution in [-0.4, -0.2) is 11.2 Å². The molecule has 106 valence electrons. The van der Waals surface area contributed by atoms with Gasteiger partial charge in [-0.05, 0) is 72.2 Å². The third-order valence-electron chi connectivity index (χ3n) is 3.06. The van der Waals surface area contributed by atoms with Crippen molar-refractivity contribution in [3.8, 4) is 5.75 Å². The number of aliphatic hydroxyl groups is 1. The summed E-state index contributed by atoms with van der Waals surface area (Å²) in [5, 5.41) is 10.6. The number of hydrogen-bond donors (Lipinski definition) is 1. The van der Waals surface area contributed by atoms with Crippen molar-refractivity contribution < 1.29 is 9.84 Å². The van der Waals surface area contributed by atoms with Gasteiger partial charge in [0.2, 0.25) is 0 Å². The molecule has 1 N–H and O–H groups in total. The quantitative estimate of drug-likeness (QED) is 0.791. The Morgan fingerprint density at radius 3 is 2.50 bits per heavy atom. The third-order valence-corrected chi connectivity index (χ3v) is 4.54. The van der Waals surface area contributed by atoms with Gasteiger partial charge in [-0.25, -0.2) is 0 Å². The number of ether oxygens (including phenoxy) is 1. The molecule has 0 saturated carbocycles. The highest BCUT2D eigenvalue weighted by Gasteiger charge is 2.15. The second-order valence-corrected chi connectivity index (χ2v) is 6.20. The highest BCUT2D eigenvalue weighted by molar-refractivity contribution is 14.1. The Kier molecular flexibility index (Phi) is 5.05. The molecule has 0 bridgehead atoms. The van der Waals surface area contributed by atoms with Crippen LogP contribution in [-0.2, 0) is 0 Å². The normalized spacial score (nSPS) is 12.5. The van der Waals surface area contributed by atoms with Crippen LogP contribution in [0.1, 0.15) is 36.6 Å². The van der Waals surface area contributed by atoms with E-state index in [1.807, 2.05) is 50.2 Å². The van der Waals surface area contributed by atoms with Gasteiger partial charge in [0.25, 0.3) is 0 Å². The van der Waals surface area contributed by atoms with Crippen LogP contribution in [0.5, 0.6) is 5.75 Å². The molecule has 0 aliphatic heterocycles. The van der Waals surface area contributed by atoms with Gasteiger partial charge in [-0.3, -0.25) is 0 Å². The largest absolute Gasteiger partial charge is 0.491 e. The SMILES string of the molecule is Cc1cccc(C(O)c2cccc(OC(C)C)c2)c1I. The van der Waals surface area contributed by atoms with E-state index in [-0.39, 0.29) is 6.10 Å². The van der Waals surface area contributed by atoms with Crippen LogP contribution >= 0.6 is 22.6 Å². The van der Waals surface area contributed by atoms with E-state index in [1.54, 1.807) is 0 Å². The Labute approximate surface area is 133 Å². The van der Waals surface area contributed by atoms with Gasteiger partial charge in [0.1, 0.15) is 11.9 Å². The Hall–Kier alpha value is -1.07. The minimum absolute atomic E-state index is 0.126. The summed E-state index contributed by atoms with van der Waals surface area (Å²) in [5.74, 6) is 0.791. The van der Waals surface area contributed by atoms with Crippen molar-refractivity contribution in [3.63, 3.8) is 0 Å². The Morgan fingerprint density at radius 1 is 1.10 bits per heavy atom. The number of aliphatic hydroxyl groups excluding tert-OH is 1. The molecule has 2 aromatic rings. The predicted octanol–water partition coefficient (Wildman–Crippen LogP) is 4.47. The first-order valence-electron chi connectivity index (χ1n) is 6.68. The molecule has 3 heteroatoms. The van der Waals surface area contributed by atoms with Gasteiger partial charge >= 0.3 is 0 Å². The molecule has 0 amide bonds. The van der Waals surface area contributed by atoms with Crippen molar-refractivity contribution >= 4 is 22.6 Å². The van der Waals surface area contributed by atoms with E-state index in [2.05, 4.69) is 35.6 Å². The molecule has 0 radical (unpaired) electrons. The molecule has 0 aliphatic carbocycles. The maximum Gasteiger partial charge on any atom is 0.120 e. The zero-order valence-electron chi connectivity index (χ0n) is 11.9. The maximum absolute atomic E-state index is 10.6. The van der Waals surface area contributed by atoms with Crippen molar-refractivity contribution in [1.29, 1.82) is 0 Å². The van der Waals surface area contributed by atoms with E-state index in [9.17, 15) is 5.11 Å². The third kappa shape index (κ3) is 3.52. The lowest BCUT2D eigenvalue weighted by atomic mass is 10.00. The Balaban J connectivity index is 2.33. The topological polar surface area (TPSA) is 29.5 Å². The molecule has 1 atom stereocenters. The van der Waals surface area contributed by atoms with Crippen LogP contribution in [0.4, 0.5) is 0 Å². The molecule has 20 heavy (non-hydrogen) atoms. The van der Waals surface area contributed by atoms with Gasteiger partial charge in [-0.1, -0.05) is 30.3 Å². The van der Waals surface area contributed by atoms with Crippen LogP contribution in [0.25, 0.3) is 0 Å². The average molecular weight is 382 g/mol. The standard InChI is InChI=1S/C17H19IO2/c1-11(2)20-14-8-5-7-13(10-14)17(19)15-9-4-6-12(3)16(15)18/h4-11,17,19H,1-3H3. The van der Waals surface area contributed by atoms with E-state index in [1.165, 1.54) is 5.56 Å². The Morgan fingerprint density at radius 2 is 1.80 bits per heavy atom. The monoisotopic (exact) mass is 382 g/mol. The first-order valence-corrected chi connectivity index (χ1v) is 7.76. The van der Waals surface area contributed by atoms with E-state index >= 15 is 0 Å². The number of rotatable bonds is 4. The minimum Gasteiger partial charge on any atom is -0.491 e. The second-order valence-electron chi connectivity index (χ2n) is 5.12. The summed E-state index contributed by atoms with van der Waals surface area (Å²) in [6, 6.07) is 13.7. The van der Waals surface area contributed by atoms with Crippen molar-refractivity contribution in [1.82, 2.24) is 0 Å². The molecular formula is C17H19IO2. The fraction of sp³-hybridized carbons (Fsp3) is 0.294. The zero-order valence-corrected chi connectivity index (χ0v) is 14.1. The van der Waals surface area contributed by atoms with Crippen LogP contribution in [0, 0.1) is 10.5 Å². The summed E-state index contributed by atoms with van der Waals surface area (Å²) in [6.07, 6.45) is -0.501. The molecule has 1 unspecified atom stereocenters. The summed E-state index contributed by atoms with van der Waals surface area (Å²) in [7, 11) is 0. The van der Waals surface area contributed by atoms with Crippen LogP contribution in [0.15, 0.2) is 42.5 Å². The molecule has 0 aliphatic rings. The van der Waals surface area contributed by atoms with Crippen molar-refractivity contribution in [2.75, 3.05) is 0 Å². The van der Waals surface area contributed by atoms with Crippen LogP contribution in [0.2, 0.25) is 0 Å². The molecule has 2 aromatic carbocycles. The van der Waals surface area contributed by atoms with Gasteiger partial charge in [0.15, 0.2) is 0 Å². The zero-order chi connectivity index (χ0) is 14.7. The first-order chi connectivity index (χ1) is 9.49. The molecule has 0 saturated heterocycles. The fourth-order valence-electron chi connectivity index (χ4n) is 2.09. The highest BCUT2D eigenvalue weighted by atomic mass is 127. The molecular weight excluding hydrogens is 363 g/mol. The molecule has 0 aromatic heterocycles. The predicted molar refractivity (Wildman–Crippen MR) is 90.2 cm³/mol. The second kappa shape index (κ2) is 6.59. The average Bonchev–Trinajstić information content (AvgIpc) is 2.41. The first kappa shape index (κ1) is 15.3. The lowest BCUT2D eigenvalue weighted by molar-refractivity contribution is 0.215. The minimum atomic E-state index is -0.627. The van der Waals surface area contributed by atoms with Gasteiger partial charge in [-0.2, -0.15) is 0 Å². The number of benzene rings is 2. The summed E-state index contributed by atoms with van der Waals surface area (Å²) in [4.78, 5) is 0. The Bertz CT molecular complexity index is 593. The van der Waals surface area contributed by atoms with Crippen molar-refractivity contribution in [3.05, 3.63) is 62.7 Å². The molecule has 0 spiro atoms. The lowest BCUT2D eigenvalue weighted by Crippen LogP contribution is -2.07. The smallest absolute Gasteiger partial charge is 0.120 e. The summed E-state index contributed by atoms with van der Waals surface area (Å²) < 4.78 is 6.79.